The van der Waals surface area contributed by atoms with Gasteiger partial charge in [-0.05, 0) is 69.3 Å². The predicted molar refractivity (Wildman–Crippen MR) is 111 cm³/mol. The maximum Gasteiger partial charge on any atom is 0.253 e. The second kappa shape index (κ2) is 7.31. The summed E-state index contributed by atoms with van der Waals surface area (Å²) >= 11 is 3.76. The standard InChI is InChI=1S/C20H26N4S2/c1-12(2)9-10-25-18-17-15-7-5-6-8-16(15)26-19(17)22-20(21-18)24-14(4)11-13(3)23-24/h11-12H,5-10H2,1-4H3. The Morgan fingerprint density at radius 1 is 1.19 bits per heavy atom. The molecule has 0 amide bonds. The topological polar surface area (TPSA) is 43.6 Å². The Morgan fingerprint density at radius 3 is 2.73 bits per heavy atom. The van der Waals surface area contributed by atoms with E-state index in [0.717, 1.165) is 27.0 Å². The maximum atomic E-state index is 4.98. The van der Waals surface area contributed by atoms with Crippen molar-refractivity contribution in [3.63, 3.8) is 0 Å². The number of aryl methyl sites for hydroxylation is 4. The lowest BCUT2D eigenvalue weighted by atomic mass is 9.97. The minimum Gasteiger partial charge on any atom is -0.204 e. The molecule has 4 nitrogen and oxygen atoms in total. The molecule has 3 aromatic heterocycles. The summed E-state index contributed by atoms with van der Waals surface area (Å²) < 4.78 is 1.89. The van der Waals surface area contributed by atoms with E-state index in [4.69, 9.17) is 9.97 Å². The Bertz CT molecular complexity index is 939. The molecule has 0 aromatic carbocycles. The van der Waals surface area contributed by atoms with Crippen LogP contribution in [0.5, 0.6) is 0 Å². The van der Waals surface area contributed by atoms with Crippen LogP contribution in [0.3, 0.4) is 0 Å². The maximum absolute atomic E-state index is 4.98. The molecule has 1 aliphatic carbocycles. The van der Waals surface area contributed by atoms with Crippen molar-refractivity contribution in [1.29, 1.82) is 0 Å². The average Bonchev–Trinajstić information content (AvgIpc) is 3.13. The molecule has 0 saturated heterocycles. The summed E-state index contributed by atoms with van der Waals surface area (Å²) in [6, 6.07) is 2.08. The molecular formula is C20H26N4S2. The summed E-state index contributed by atoms with van der Waals surface area (Å²) in [5, 5.41) is 7.08. The molecular weight excluding hydrogens is 360 g/mol. The van der Waals surface area contributed by atoms with Crippen LogP contribution in [0.1, 0.15) is 54.9 Å². The minimum atomic E-state index is 0.715. The Morgan fingerprint density at radius 2 is 2.00 bits per heavy atom. The quantitative estimate of drug-likeness (QED) is 0.428. The lowest BCUT2D eigenvalue weighted by Gasteiger charge is -2.12. The molecule has 138 valence electrons. The molecule has 4 rings (SSSR count). The van der Waals surface area contributed by atoms with Gasteiger partial charge in [-0.15, -0.1) is 23.1 Å². The predicted octanol–water partition coefficient (Wildman–Crippen LogP) is 5.51. The fourth-order valence-corrected chi connectivity index (χ4v) is 6.15. The zero-order valence-corrected chi connectivity index (χ0v) is 17.6. The van der Waals surface area contributed by atoms with Crippen LogP contribution in [0.15, 0.2) is 11.1 Å². The van der Waals surface area contributed by atoms with Crippen LogP contribution >= 0.6 is 23.1 Å². The van der Waals surface area contributed by atoms with Gasteiger partial charge in [0, 0.05) is 16.0 Å². The van der Waals surface area contributed by atoms with Gasteiger partial charge in [-0.25, -0.2) is 9.67 Å². The van der Waals surface area contributed by atoms with Crippen molar-refractivity contribution in [3.05, 3.63) is 27.9 Å². The van der Waals surface area contributed by atoms with Crippen LogP contribution in [0.25, 0.3) is 16.2 Å². The first kappa shape index (κ1) is 18.0. The summed E-state index contributed by atoms with van der Waals surface area (Å²) in [5.41, 5.74) is 3.61. The highest BCUT2D eigenvalue weighted by atomic mass is 32.2. The Balaban J connectivity index is 1.83. The van der Waals surface area contributed by atoms with Crippen molar-refractivity contribution >= 4 is 33.3 Å². The summed E-state index contributed by atoms with van der Waals surface area (Å²) in [5.74, 6) is 2.53. The second-order valence-electron chi connectivity index (χ2n) is 7.59. The van der Waals surface area contributed by atoms with E-state index in [-0.39, 0.29) is 0 Å². The first-order valence-corrected chi connectivity index (χ1v) is 11.3. The van der Waals surface area contributed by atoms with Gasteiger partial charge >= 0.3 is 0 Å². The van der Waals surface area contributed by atoms with Gasteiger partial charge in [-0.2, -0.15) is 10.1 Å². The van der Waals surface area contributed by atoms with Crippen LogP contribution in [-0.2, 0) is 12.8 Å². The van der Waals surface area contributed by atoms with E-state index in [1.807, 2.05) is 34.7 Å². The molecule has 0 spiro atoms. The first-order chi connectivity index (χ1) is 12.5. The fourth-order valence-electron chi connectivity index (χ4n) is 3.54. The molecule has 0 atom stereocenters. The first-order valence-electron chi connectivity index (χ1n) is 9.51. The van der Waals surface area contributed by atoms with Crippen LogP contribution < -0.4 is 0 Å². The van der Waals surface area contributed by atoms with Gasteiger partial charge in [0.2, 0.25) is 0 Å². The normalized spacial score (nSPS) is 14.3. The molecule has 26 heavy (non-hydrogen) atoms. The van der Waals surface area contributed by atoms with E-state index >= 15 is 0 Å². The smallest absolute Gasteiger partial charge is 0.204 e. The van der Waals surface area contributed by atoms with Gasteiger partial charge in [0.05, 0.1) is 5.69 Å². The van der Waals surface area contributed by atoms with E-state index in [9.17, 15) is 0 Å². The van der Waals surface area contributed by atoms with Crippen molar-refractivity contribution in [1.82, 2.24) is 19.7 Å². The molecule has 1 aliphatic rings. The summed E-state index contributed by atoms with van der Waals surface area (Å²) in [4.78, 5) is 12.6. The third-order valence-electron chi connectivity index (χ3n) is 4.90. The Labute approximate surface area is 163 Å². The lowest BCUT2D eigenvalue weighted by Crippen LogP contribution is -2.06. The fraction of sp³-hybridized carbons (Fsp3) is 0.550. The zero-order valence-electron chi connectivity index (χ0n) is 16.0. The number of nitrogens with zero attached hydrogens (tertiary/aromatic N) is 4. The molecule has 0 saturated carbocycles. The minimum absolute atomic E-state index is 0.715. The van der Waals surface area contributed by atoms with E-state index in [1.54, 1.807) is 0 Å². The van der Waals surface area contributed by atoms with Crippen LogP contribution in [-0.4, -0.2) is 25.5 Å². The zero-order chi connectivity index (χ0) is 18.3. The van der Waals surface area contributed by atoms with Gasteiger partial charge in [0.1, 0.15) is 9.86 Å². The van der Waals surface area contributed by atoms with Gasteiger partial charge in [0.25, 0.3) is 5.95 Å². The van der Waals surface area contributed by atoms with E-state index in [1.165, 1.54) is 47.9 Å². The molecule has 0 unspecified atom stereocenters. The van der Waals surface area contributed by atoms with Gasteiger partial charge < -0.3 is 0 Å². The molecule has 0 N–H and O–H groups in total. The largest absolute Gasteiger partial charge is 0.253 e. The Kier molecular flexibility index (Phi) is 5.06. The lowest BCUT2D eigenvalue weighted by molar-refractivity contribution is 0.632. The van der Waals surface area contributed by atoms with Crippen LogP contribution in [0, 0.1) is 19.8 Å². The van der Waals surface area contributed by atoms with Crippen molar-refractivity contribution in [2.24, 2.45) is 5.92 Å². The monoisotopic (exact) mass is 386 g/mol. The average molecular weight is 387 g/mol. The summed E-state index contributed by atoms with van der Waals surface area (Å²) in [6.07, 6.45) is 6.16. The second-order valence-corrected chi connectivity index (χ2v) is 9.76. The van der Waals surface area contributed by atoms with Gasteiger partial charge in [-0.3, -0.25) is 0 Å². The third-order valence-corrected chi connectivity index (χ3v) is 7.10. The molecule has 0 bridgehead atoms. The van der Waals surface area contributed by atoms with E-state index in [2.05, 4.69) is 31.9 Å². The Hall–Kier alpha value is -1.40. The van der Waals surface area contributed by atoms with Gasteiger partial charge in [0.15, 0.2) is 0 Å². The highest BCUT2D eigenvalue weighted by molar-refractivity contribution is 7.99. The highest BCUT2D eigenvalue weighted by Gasteiger charge is 2.22. The van der Waals surface area contributed by atoms with Crippen molar-refractivity contribution in [3.8, 4) is 5.95 Å². The third kappa shape index (κ3) is 3.41. The SMILES string of the molecule is Cc1cc(C)n(-c2nc(SCCC(C)C)c3c4c(sc3n2)CCCC4)n1. The number of hydrogen-bond donors (Lipinski definition) is 0. The number of rotatable bonds is 5. The number of thiophene rings is 1. The molecule has 0 fully saturated rings. The molecule has 3 heterocycles. The van der Waals surface area contributed by atoms with Gasteiger partial charge in [-0.1, -0.05) is 13.8 Å². The molecule has 6 heteroatoms. The summed E-state index contributed by atoms with van der Waals surface area (Å²) in [7, 11) is 0. The van der Waals surface area contributed by atoms with E-state index < -0.39 is 0 Å². The number of fused-ring (bicyclic) bond motifs is 3. The van der Waals surface area contributed by atoms with Crippen LogP contribution in [0.4, 0.5) is 0 Å². The van der Waals surface area contributed by atoms with Crippen molar-refractivity contribution < 1.29 is 0 Å². The number of hydrogen-bond acceptors (Lipinski definition) is 5. The highest BCUT2D eigenvalue weighted by Crippen LogP contribution is 2.40. The molecule has 0 aliphatic heterocycles. The van der Waals surface area contributed by atoms with Crippen molar-refractivity contribution in [2.75, 3.05) is 5.75 Å². The van der Waals surface area contributed by atoms with Crippen LogP contribution in [0.2, 0.25) is 0 Å². The number of thioether (sulfide) groups is 1. The molecule has 3 aromatic rings. The van der Waals surface area contributed by atoms with Crippen molar-refractivity contribution in [2.45, 2.75) is 64.8 Å². The molecule has 0 radical (unpaired) electrons. The number of aromatic nitrogens is 4. The summed E-state index contributed by atoms with van der Waals surface area (Å²) in [6.45, 7) is 8.65. The van der Waals surface area contributed by atoms with E-state index in [0.29, 0.717) is 11.9 Å².